The average Bonchev–Trinajstić information content (AvgIpc) is 2.34. The van der Waals surface area contributed by atoms with Crippen LogP contribution in [0, 0.1) is 0 Å². The molecule has 0 N–H and O–H groups in total. The zero-order chi connectivity index (χ0) is 12.7. The van der Waals surface area contributed by atoms with Gasteiger partial charge in [-0.2, -0.15) is 0 Å². The Kier molecular flexibility index (Phi) is 5.49. The zero-order valence-corrected chi connectivity index (χ0v) is 10.1. The van der Waals surface area contributed by atoms with Gasteiger partial charge in [0.2, 0.25) is 0 Å². The molecule has 0 heterocycles. The molecular formula is C13H17O4-. The summed E-state index contributed by atoms with van der Waals surface area (Å²) in [5, 5.41) is 10.5. The molecule has 0 radical (unpaired) electrons. The van der Waals surface area contributed by atoms with E-state index in [1.807, 2.05) is 6.92 Å². The summed E-state index contributed by atoms with van der Waals surface area (Å²) < 4.78 is 10.8. The van der Waals surface area contributed by atoms with Gasteiger partial charge in [-0.05, 0) is 43.2 Å². The molecule has 0 aromatic heterocycles. The molecule has 0 aliphatic heterocycles. The number of hydrogen-bond acceptors (Lipinski definition) is 4. The van der Waals surface area contributed by atoms with E-state index >= 15 is 0 Å². The minimum absolute atomic E-state index is 0.146. The SMILES string of the molecule is CCC(C)OCCOc1ccc(C(=O)[O-])cc1. The van der Waals surface area contributed by atoms with Crippen LogP contribution in [0.3, 0.4) is 0 Å². The van der Waals surface area contributed by atoms with Crippen molar-refractivity contribution >= 4 is 5.97 Å². The first kappa shape index (κ1) is 13.5. The smallest absolute Gasteiger partial charge is 0.119 e. The molecule has 1 unspecified atom stereocenters. The van der Waals surface area contributed by atoms with Crippen molar-refractivity contribution < 1.29 is 19.4 Å². The Morgan fingerprint density at radius 1 is 1.29 bits per heavy atom. The van der Waals surface area contributed by atoms with Crippen LogP contribution in [0.1, 0.15) is 30.6 Å². The highest BCUT2D eigenvalue weighted by Gasteiger charge is 1.99. The van der Waals surface area contributed by atoms with E-state index in [0.717, 1.165) is 6.42 Å². The van der Waals surface area contributed by atoms with Crippen LogP contribution in [0.2, 0.25) is 0 Å². The molecule has 1 aromatic carbocycles. The first-order valence-corrected chi connectivity index (χ1v) is 5.69. The number of aromatic carboxylic acids is 1. The van der Waals surface area contributed by atoms with Crippen molar-refractivity contribution in [3.8, 4) is 5.75 Å². The van der Waals surface area contributed by atoms with Crippen molar-refractivity contribution in [3.63, 3.8) is 0 Å². The zero-order valence-electron chi connectivity index (χ0n) is 10.1. The maximum absolute atomic E-state index is 10.5. The van der Waals surface area contributed by atoms with Crippen LogP contribution >= 0.6 is 0 Å². The van der Waals surface area contributed by atoms with Crippen LogP contribution in [0.15, 0.2) is 24.3 Å². The van der Waals surface area contributed by atoms with E-state index in [-0.39, 0.29) is 11.7 Å². The van der Waals surface area contributed by atoms with Gasteiger partial charge in [0.05, 0.1) is 18.7 Å². The van der Waals surface area contributed by atoms with Crippen LogP contribution in [0.25, 0.3) is 0 Å². The van der Waals surface area contributed by atoms with Gasteiger partial charge in [0, 0.05) is 0 Å². The molecule has 17 heavy (non-hydrogen) atoms. The second-order valence-electron chi connectivity index (χ2n) is 3.75. The lowest BCUT2D eigenvalue weighted by Crippen LogP contribution is -2.21. The fourth-order valence-corrected chi connectivity index (χ4v) is 1.21. The van der Waals surface area contributed by atoms with Gasteiger partial charge in [-0.25, -0.2) is 0 Å². The van der Waals surface area contributed by atoms with E-state index in [1.54, 1.807) is 12.1 Å². The largest absolute Gasteiger partial charge is 0.545 e. The number of carbonyl (C=O) groups excluding carboxylic acids is 1. The topological polar surface area (TPSA) is 58.6 Å². The Hall–Kier alpha value is -1.55. The van der Waals surface area contributed by atoms with Gasteiger partial charge >= 0.3 is 0 Å². The van der Waals surface area contributed by atoms with Crippen molar-refractivity contribution in [1.82, 2.24) is 0 Å². The van der Waals surface area contributed by atoms with E-state index in [9.17, 15) is 9.90 Å². The lowest BCUT2D eigenvalue weighted by molar-refractivity contribution is -0.255. The van der Waals surface area contributed by atoms with E-state index in [2.05, 4.69) is 6.92 Å². The third-order valence-electron chi connectivity index (χ3n) is 2.42. The monoisotopic (exact) mass is 237 g/mol. The molecule has 1 aromatic rings. The highest BCUT2D eigenvalue weighted by atomic mass is 16.5. The van der Waals surface area contributed by atoms with Gasteiger partial charge in [0.15, 0.2) is 0 Å². The molecule has 0 aliphatic rings. The number of ether oxygens (including phenoxy) is 2. The maximum atomic E-state index is 10.5. The third kappa shape index (κ3) is 4.87. The molecule has 0 amide bonds. The fourth-order valence-electron chi connectivity index (χ4n) is 1.21. The molecule has 4 nitrogen and oxygen atoms in total. The van der Waals surface area contributed by atoms with Crippen molar-refractivity contribution in [3.05, 3.63) is 29.8 Å². The number of carbonyl (C=O) groups is 1. The van der Waals surface area contributed by atoms with Gasteiger partial charge in [-0.1, -0.05) is 6.92 Å². The summed E-state index contributed by atoms with van der Waals surface area (Å²) in [6.45, 7) is 5.05. The Labute approximate surface area is 101 Å². The molecule has 94 valence electrons. The van der Waals surface area contributed by atoms with Crippen LogP contribution in [0.4, 0.5) is 0 Å². The van der Waals surface area contributed by atoms with Crippen LogP contribution in [0.5, 0.6) is 5.75 Å². The van der Waals surface area contributed by atoms with E-state index < -0.39 is 5.97 Å². The Bertz CT molecular complexity index is 345. The van der Waals surface area contributed by atoms with Crippen LogP contribution < -0.4 is 9.84 Å². The molecule has 1 atom stereocenters. The molecule has 0 bridgehead atoms. The van der Waals surface area contributed by atoms with Crippen molar-refractivity contribution in [2.24, 2.45) is 0 Å². The van der Waals surface area contributed by atoms with Crippen molar-refractivity contribution in [2.75, 3.05) is 13.2 Å². The molecule has 1 rings (SSSR count). The van der Waals surface area contributed by atoms with E-state index in [1.165, 1.54) is 12.1 Å². The number of carboxylic acids is 1. The molecule has 0 aliphatic carbocycles. The summed E-state index contributed by atoms with van der Waals surface area (Å²) in [5.74, 6) is -0.556. The highest BCUT2D eigenvalue weighted by Crippen LogP contribution is 2.11. The quantitative estimate of drug-likeness (QED) is 0.669. The Morgan fingerprint density at radius 3 is 2.47 bits per heavy atom. The predicted molar refractivity (Wildman–Crippen MR) is 62.0 cm³/mol. The summed E-state index contributed by atoms with van der Waals surface area (Å²) in [4.78, 5) is 10.5. The first-order chi connectivity index (χ1) is 8.13. The molecule has 0 saturated carbocycles. The standard InChI is InChI=1S/C13H18O4/c1-3-10(2)16-8-9-17-12-6-4-11(5-7-12)13(14)15/h4-7,10H,3,8-9H2,1-2H3,(H,14,15)/p-1. The number of carboxylic acid groups (broad SMARTS) is 1. The third-order valence-corrected chi connectivity index (χ3v) is 2.42. The summed E-state index contributed by atoms with van der Waals surface area (Å²) in [6.07, 6.45) is 1.21. The maximum Gasteiger partial charge on any atom is 0.119 e. The van der Waals surface area contributed by atoms with Gasteiger partial charge < -0.3 is 19.4 Å². The Balaban J connectivity index is 2.30. The highest BCUT2D eigenvalue weighted by molar-refractivity contribution is 5.85. The van der Waals surface area contributed by atoms with Crippen molar-refractivity contribution in [1.29, 1.82) is 0 Å². The molecule has 0 saturated heterocycles. The summed E-state index contributed by atoms with van der Waals surface area (Å²) in [7, 11) is 0. The normalized spacial score (nSPS) is 12.1. The second-order valence-corrected chi connectivity index (χ2v) is 3.75. The number of rotatable bonds is 7. The number of benzene rings is 1. The molecular weight excluding hydrogens is 220 g/mol. The summed E-state index contributed by atoms with van der Waals surface area (Å²) in [6, 6.07) is 6.13. The Morgan fingerprint density at radius 2 is 1.94 bits per heavy atom. The fraction of sp³-hybridized carbons (Fsp3) is 0.462. The van der Waals surface area contributed by atoms with Crippen molar-refractivity contribution in [2.45, 2.75) is 26.4 Å². The van der Waals surface area contributed by atoms with E-state index in [0.29, 0.717) is 19.0 Å². The molecule has 4 heteroatoms. The lowest BCUT2D eigenvalue weighted by atomic mass is 10.2. The van der Waals surface area contributed by atoms with Gasteiger partial charge in [-0.3, -0.25) is 0 Å². The van der Waals surface area contributed by atoms with Crippen LogP contribution in [-0.4, -0.2) is 25.3 Å². The van der Waals surface area contributed by atoms with Crippen LogP contribution in [-0.2, 0) is 4.74 Å². The first-order valence-electron chi connectivity index (χ1n) is 5.69. The van der Waals surface area contributed by atoms with Gasteiger partial charge in [0.25, 0.3) is 0 Å². The minimum Gasteiger partial charge on any atom is -0.545 e. The second kappa shape index (κ2) is 6.91. The molecule has 0 spiro atoms. The predicted octanol–water partition coefficient (Wildman–Crippen LogP) is 1.24. The number of hydrogen-bond donors (Lipinski definition) is 0. The van der Waals surface area contributed by atoms with Gasteiger partial charge in [0.1, 0.15) is 12.4 Å². The lowest BCUT2D eigenvalue weighted by Gasteiger charge is -2.11. The molecule has 0 fully saturated rings. The van der Waals surface area contributed by atoms with E-state index in [4.69, 9.17) is 9.47 Å². The van der Waals surface area contributed by atoms with Gasteiger partial charge in [-0.15, -0.1) is 0 Å². The summed E-state index contributed by atoms with van der Waals surface area (Å²) >= 11 is 0. The minimum atomic E-state index is -1.18. The average molecular weight is 237 g/mol. The summed E-state index contributed by atoms with van der Waals surface area (Å²) in [5.41, 5.74) is 0.146.